The summed E-state index contributed by atoms with van der Waals surface area (Å²) in [6.45, 7) is -0.278. The zero-order chi connectivity index (χ0) is 23.7. The average molecular weight is 458 g/mol. The summed E-state index contributed by atoms with van der Waals surface area (Å²) < 4.78 is 79.0. The van der Waals surface area contributed by atoms with Gasteiger partial charge in [-0.1, -0.05) is 0 Å². The molecule has 1 aromatic carbocycles. The summed E-state index contributed by atoms with van der Waals surface area (Å²) in [6, 6.07) is 2.71. The van der Waals surface area contributed by atoms with Crippen molar-refractivity contribution in [3.63, 3.8) is 0 Å². The lowest BCUT2D eigenvalue weighted by atomic mass is 10.0. The monoisotopic (exact) mass is 458 g/mol. The molecule has 1 aliphatic heterocycles. The number of carbonyl (C=O) groups is 2. The topological polar surface area (TPSA) is 95.1 Å². The molecule has 1 fully saturated rings. The van der Waals surface area contributed by atoms with Crippen LogP contribution in [0.1, 0.15) is 17.5 Å². The first-order chi connectivity index (χ1) is 14.9. The third-order valence-corrected chi connectivity index (χ3v) is 4.32. The molecule has 2 amide bonds. The fourth-order valence-electron chi connectivity index (χ4n) is 2.84. The number of nitrogens with zero attached hydrogens (tertiary/aromatic N) is 6. The van der Waals surface area contributed by atoms with E-state index in [4.69, 9.17) is 5.26 Å². The molecule has 1 aromatic heterocycles. The van der Waals surface area contributed by atoms with E-state index in [1.54, 1.807) is 6.07 Å². The summed E-state index contributed by atoms with van der Waals surface area (Å²) in [5.41, 5.74) is -3.54. The molecule has 2 heterocycles. The van der Waals surface area contributed by atoms with Gasteiger partial charge in [0.05, 0.1) is 23.7 Å². The molecule has 0 spiro atoms. The third-order valence-electron chi connectivity index (χ3n) is 4.32. The Balaban J connectivity index is 1.85. The summed E-state index contributed by atoms with van der Waals surface area (Å²) in [4.78, 5) is 27.6. The molecule has 0 radical (unpaired) electrons. The van der Waals surface area contributed by atoms with Crippen LogP contribution in [0.15, 0.2) is 30.6 Å². The molecule has 0 saturated carbocycles. The van der Waals surface area contributed by atoms with Gasteiger partial charge in [-0.2, -0.15) is 31.6 Å². The Bertz CT molecular complexity index is 1080. The Kier molecular flexibility index (Phi) is 5.93. The van der Waals surface area contributed by atoms with Gasteiger partial charge in [0.1, 0.15) is 12.9 Å². The van der Waals surface area contributed by atoms with Crippen LogP contribution in [0.2, 0.25) is 0 Å². The highest BCUT2D eigenvalue weighted by Gasteiger charge is 2.37. The number of hydrazine groups is 1. The van der Waals surface area contributed by atoms with Crippen LogP contribution in [0, 0.1) is 11.3 Å². The number of halogens is 6. The fourth-order valence-corrected chi connectivity index (χ4v) is 2.84. The predicted octanol–water partition coefficient (Wildman–Crippen LogP) is 2.95. The highest BCUT2D eigenvalue weighted by Crippen LogP contribution is 2.38. The van der Waals surface area contributed by atoms with Crippen LogP contribution >= 0.6 is 0 Å². The number of aromatic nitrogens is 3. The van der Waals surface area contributed by atoms with Crippen molar-refractivity contribution in [3.05, 3.63) is 41.7 Å². The predicted molar refractivity (Wildman–Crippen MR) is 94.4 cm³/mol. The number of hydrogen-bond acceptors (Lipinski definition) is 5. The Hall–Kier alpha value is -3.89. The second-order valence-corrected chi connectivity index (χ2v) is 6.48. The van der Waals surface area contributed by atoms with Gasteiger partial charge in [-0.25, -0.2) is 19.7 Å². The lowest BCUT2D eigenvalue weighted by Gasteiger charge is -2.24. The van der Waals surface area contributed by atoms with Gasteiger partial charge < -0.3 is 0 Å². The van der Waals surface area contributed by atoms with Crippen molar-refractivity contribution in [1.82, 2.24) is 24.8 Å². The van der Waals surface area contributed by atoms with E-state index in [-0.39, 0.29) is 25.6 Å². The van der Waals surface area contributed by atoms with E-state index in [1.807, 2.05) is 0 Å². The minimum atomic E-state index is -5.02. The Morgan fingerprint density at radius 1 is 1.12 bits per heavy atom. The molecule has 168 valence electrons. The van der Waals surface area contributed by atoms with E-state index in [2.05, 4.69) is 10.1 Å². The smallest absolute Gasteiger partial charge is 0.273 e. The van der Waals surface area contributed by atoms with Gasteiger partial charge in [-0.3, -0.25) is 9.59 Å². The van der Waals surface area contributed by atoms with Crippen molar-refractivity contribution in [2.75, 3.05) is 13.1 Å². The first-order valence-corrected chi connectivity index (χ1v) is 8.78. The molecule has 32 heavy (non-hydrogen) atoms. The zero-order valence-electron chi connectivity index (χ0n) is 15.9. The van der Waals surface area contributed by atoms with Gasteiger partial charge >= 0.3 is 12.4 Å². The molecule has 1 saturated heterocycles. The van der Waals surface area contributed by atoms with Gasteiger partial charge in [-0.05, 0) is 18.2 Å². The van der Waals surface area contributed by atoms with Crippen LogP contribution < -0.4 is 0 Å². The van der Waals surface area contributed by atoms with Crippen molar-refractivity contribution in [2.24, 2.45) is 0 Å². The first kappa shape index (κ1) is 22.8. The quantitative estimate of drug-likeness (QED) is 0.399. The van der Waals surface area contributed by atoms with Gasteiger partial charge in [0.25, 0.3) is 5.91 Å². The molecule has 0 bridgehead atoms. The molecule has 0 unspecified atom stereocenters. The van der Waals surface area contributed by atoms with Crippen LogP contribution in [0.25, 0.3) is 17.6 Å². The van der Waals surface area contributed by atoms with Crippen molar-refractivity contribution in [3.8, 4) is 17.5 Å². The Morgan fingerprint density at radius 3 is 2.31 bits per heavy atom. The maximum Gasteiger partial charge on any atom is 0.416 e. The minimum Gasteiger partial charge on any atom is -0.273 e. The SMILES string of the molecule is N#CCN1C(=O)CCN1C(=O)/C=C\n1cnc(-c2cc(C(F)(F)F)cc(C(F)(F)F)c2)n1. The number of nitriles is 1. The summed E-state index contributed by atoms with van der Waals surface area (Å²) in [7, 11) is 0. The molecular weight excluding hydrogens is 446 g/mol. The maximum absolute atomic E-state index is 13.0. The van der Waals surface area contributed by atoms with Crippen molar-refractivity contribution in [1.29, 1.82) is 5.26 Å². The molecule has 2 aromatic rings. The average Bonchev–Trinajstić information content (AvgIpc) is 3.32. The summed E-state index contributed by atoms with van der Waals surface area (Å²) >= 11 is 0. The van der Waals surface area contributed by atoms with E-state index in [1.165, 1.54) is 0 Å². The van der Waals surface area contributed by atoms with E-state index in [0.29, 0.717) is 12.1 Å². The van der Waals surface area contributed by atoms with E-state index in [0.717, 1.165) is 33.3 Å². The summed E-state index contributed by atoms with van der Waals surface area (Å²) in [5.74, 6) is -1.52. The van der Waals surface area contributed by atoms with Gasteiger partial charge in [-0.15, -0.1) is 5.10 Å². The minimum absolute atomic E-state index is 0.0105. The Morgan fingerprint density at radius 2 is 1.75 bits per heavy atom. The van der Waals surface area contributed by atoms with E-state index >= 15 is 0 Å². The van der Waals surface area contributed by atoms with Gasteiger partial charge in [0.2, 0.25) is 5.91 Å². The Labute approximate surface area is 175 Å². The van der Waals surface area contributed by atoms with Crippen molar-refractivity contribution in [2.45, 2.75) is 18.8 Å². The third kappa shape index (κ3) is 4.88. The number of alkyl halides is 6. The number of benzene rings is 1. The number of amides is 2. The van der Waals surface area contributed by atoms with Crippen LogP contribution in [0.5, 0.6) is 0 Å². The zero-order valence-corrected chi connectivity index (χ0v) is 15.9. The number of hydrogen-bond donors (Lipinski definition) is 0. The molecule has 0 atom stereocenters. The van der Waals surface area contributed by atoms with Crippen molar-refractivity contribution < 1.29 is 35.9 Å². The highest BCUT2D eigenvalue weighted by atomic mass is 19.4. The molecule has 1 aliphatic rings. The lowest BCUT2D eigenvalue weighted by Crippen LogP contribution is -2.42. The normalized spacial score (nSPS) is 15.0. The van der Waals surface area contributed by atoms with Crippen LogP contribution in [0.3, 0.4) is 0 Å². The molecule has 0 N–H and O–H groups in total. The molecule has 3 rings (SSSR count). The number of carbonyl (C=O) groups excluding carboxylic acids is 2. The van der Waals surface area contributed by atoms with Crippen LogP contribution in [-0.4, -0.2) is 49.7 Å². The lowest BCUT2D eigenvalue weighted by molar-refractivity contribution is -0.149. The second kappa shape index (κ2) is 8.33. The summed E-state index contributed by atoms with van der Waals surface area (Å²) in [5, 5.41) is 14.5. The number of rotatable bonds is 4. The molecule has 0 aliphatic carbocycles. The van der Waals surface area contributed by atoms with Crippen LogP contribution in [0.4, 0.5) is 26.3 Å². The van der Waals surface area contributed by atoms with E-state index in [9.17, 15) is 35.9 Å². The van der Waals surface area contributed by atoms with Crippen molar-refractivity contribution >= 4 is 18.0 Å². The largest absolute Gasteiger partial charge is 0.416 e. The summed E-state index contributed by atoms with van der Waals surface area (Å²) in [6.07, 6.45) is -7.00. The maximum atomic E-state index is 13.0. The molecule has 8 nitrogen and oxygen atoms in total. The standard InChI is InChI=1S/C18H12F6N6O2/c19-17(20,21)12-7-11(8-13(9-12)18(22,23)24)16-26-10-28(27-16)4-1-14(31)29-5-2-15(32)30(29)6-3-25/h1,4,7-10H,2,5-6H2/b4-1-. The van der Waals surface area contributed by atoms with E-state index < -0.39 is 46.7 Å². The van der Waals surface area contributed by atoms with Gasteiger partial charge in [0.15, 0.2) is 5.82 Å². The first-order valence-electron chi connectivity index (χ1n) is 8.78. The fraction of sp³-hybridized carbons (Fsp3) is 0.278. The van der Waals surface area contributed by atoms with Crippen LogP contribution in [-0.2, 0) is 21.9 Å². The van der Waals surface area contributed by atoms with Gasteiger partial charge in [0, 0.05) is 24.3 Å². The molecule has 14 heteroatoms. The molecular formula is C18H12F6N6O2. The highest BCUT2D eigenvalue weighted by molar-refractivity contribution is 5.93. The second-order valence-electron chi connectivity index (χ2n) is 6.48.